The van der Waals surface area contributed by atoms with E-state index in [4.69, 9.17) is 0 Å². The van der Waals surface area contributed by atoms with Crippen LogP contribution in [0.15, 0.2) is 23.0 Å². The summed E-state index contributed by atoms with van der Waals surface area (Å²) in [6.45, 7) is 2.40. The van der Waals surface area contributed by atoms with Gasteiger partial charge in [-0.25, -0.2) is 9.49 Å². The molecular weight excluding hydrogens is 383 g/mol. The summed E-state index contributed by atoms with van der Waals surface area (Å²) in [6.07, 6.45) is -0.0118. The number of benzene rings is 2. The number of nitrogens with one attached hydrogen (secondary N) is 2. The van der Waals surface area contributed by atoms with E-state index in [2.05, 4.69) is 15.5 Å². The van der Waals surface area contributed by atoms with Crippen LogP contribution >= 0.6 is 0 Å². The third-order valence-electron chi connectivity index (χ3n) is 5.06. The fourth-order valence-electron chi connectivity index (χ4n) is 3.58. The van der Waals surface area contributed by atoms with E-state index in [0.717, 1.165) is 6.07 Å². The molecule has 10 heteroatoms. The minimum Gasteiger partial charge on any atom is -0.505 e. The highest BCUT2D eigenvalue weighted by Crippen LogP contribution is 2.41. The van der Waals surface area contributed by atoms with Crippen LogP contribution in [0.5, 0.6) is 23.0 Å². The molecule has 4 rings (SSSR count). The van der Waals surface area contributed by atoms with Crippen molar-refractivity contribution in [3.05, 3.63) is 45.6 Å². The van der Waals surface area contributed by atoms with Crippen molar-refractivity contribution in [2.75, 3.05) is 31.1 Å². The Labute approximate surface area is 163 Å². The second-order valence-electron chi connectivity index (χ2n) is 6.83. The Morgan fingerprint density at radius 3 is 2.52 bits per heavy atom. The largest absolute Gasteiger partial charge is 0.505 e. The average molecular weight is 402 g/mol. The van der Waals surface area contributed by atoms with E-state index in [1.54, 1.807) is 4.90 Å². The molecule has 3 aromatic rings. The normalized spacial score (nSPS) is 14.4. The number of aromatic nitrogens is 2. The van der Waals surface area contributed by atoms with Crippen LogP contribution < -0.4 is 15.8 Å². The number of aromatic amines is 1. The molecular formula is C19H19FN4O5. The van der Waals surface area contributed by atoms with Crippen molar-refractivity contribution in [1.29, 1.82) is 0 Å². The molecule has 0 bridgehead atoms. The highest BCUT2D eigenvalue weighted by Gasteiger charge is 2.23. The summed E-state index contributed by atoms with van der Waals surface area (Å²) >= 11 is 0. The molecule has 0 amide bonds. The number of piperazine rings is 1. The van der Waals surface area contributed by atoms with Gasteiger partial charge in [0.15, 0.2) is 11.5 Å². The Balaban J connectivity index is 1.82. The van der Waals surface area contributed by atoms with E-state index >= 15 is 0 Å². The zero-order valence-electron chi connectivity index (χ0n) is 15.2. The fraction of sp³-hybridized carbons (Fsp3) is 0.263. The quantitative estimate of drug-likeness (QED) is 0.355. The van der Waals surface area contributed by atoms with Gasteiger partial charge in [0.2, 0.25) is 5.75 Å². The van der Waals surface area contributed by atoms with E-state index in [9.17, 15) is 29.6 Å². The van der Waals surface area contributed by atoms with Crippen LogP contribution in [0.3, 0.4) is 0 Å². The topological polar surface area (TPSA) is 142 Å². The first-order valence-corrected chi connectivity index (χ1v) is 8.99. The number of H-pyrrole nitrogens is 1. The Kier molecular flexibility index (Phi) is 4.63. The molecule has 2 heterocycles. The first kappa shape index (κ1) is 18.8. The predicted molar refractivity (Wildman–Crippen MR) is 103 cm³/mol. The van der Waals surface area contributed by atoms with Crippen LogP contribution in [0, 0.1) is 5.82 Å². The number of rotatable bonds is 3. The molecule has 6 N–H and O–H groups in total. The number of aromatic hydroxyl groups is 4. The number of halogens is 1. The summed E-state index contributed by atoms with van der Waals surface area (Å²) in [5.74, 6) is -2.98. The summed E-state index contributed by atoms with van der Waals surface area (Å²) in [4.78, 5) is 13.8. The van der Waals surface area contributed by atoms with Gasteiger partial charge >= 0.3 is 0 Å². The maximum absolute atomic E-state index is 14.4. The van der Waals surface area contributed by atoms with Crippen molar-refractivity contribution in [3.8, 4) is 23.0 Å². The second-order valence-corrected chi connectivity index (χ2v) is 6.83. The van der Waals surface area contributed by atoms with E-state index in [1.165, 1.54) is 12.1 Å². The van der Waals surface area contributed by atoms with Gasteiger partial charge in [-0.1, -0.05) is 6.07 Å². The minimum atomic E-state index is -0.814. The van der Waals surface area contributed by atoms with Crippen molar-refractivity contribution in [2.45, 2.75) is 6.42 Å². The second kappa shape index (κ2) is 7.13. The molecule has 0 spiro atoms. The maximum atomic E-state index is 14.4. The van der Waals surface area contributed by atoms with Crippen molar-refractivity contribution in [1.82, 2.24) is 15.5 Å². The Hall–Kier alpha value is -3.53. The fourth-order valence-corrected chi connectivity index (χ4v) is 3.58. The zero-order valence-corrected chi connectivity index (χ0v) is 15.2. The van der Waals surface area contributed by atoms with Crippen LogP contribution in [0.2, 0.25) is 0 Å². The monoisotopic (exact) mass is 402 g/mol. The highest BCUT2D eigenvalue weighted by molar-refractivity contribution is 5.93. The lowest BCUT2D eigenvalue weighted by Crippen LogP contribution is -2.44. The van der Waals surface area contributed by atoms with Gasteiger partial charge < -0.3 is 30.6 Å². The van der Waals surface area contributed by atoms with Crippen molar-refractivity contribution < 1.29 is 24.8 Å². The number of fused-ring (bicyclic) bond motifs is 1. The molecule has 1 aromatic heterocycles. The average Bonchev–Trinajstić information content (AvgIpc) is 2.71. The van der Waals surface area contributed by atoms with Crippen LogP contribution in [-0.4, -0.2) is 56.8 Å². The molecule has 1 aliphatic heterocycles. The van der Waals surface area contributed by atoms with Crippen molar-refractivity contribution >= 4 is 16.5 Å². The van der Waals surface area contributed by atoms with Gasteiger partial charge in [0.25, 0.3) is 5.56 Å². The highest BCUT2D eigenvalue weighted by atomic mass is 19.1. The molecule has 1 fully saturated rings. The third kappa shape index (κ3) is 3.17. The lowest BCUT2D eigenvalue weighted by Gasteiger charge is -2.30. The van der Waals surface area contributed by atoms with Crippen LogP contribution in [-0.2, 0) is 6.42 Å². The van der Waals surface area contributed by atoms with Gasteiger partial charge in [0.1, 0.15) is 17.3 Å². The van der Waals surface area contributed by atoms with Crippen molar-refractivity contribution in [3.63, 3.8) is 0 Å². The third-order valence-corrected chi connectivity index (χ3v) is 5.06. The lowest BCUT2D eigenvalue weighted by molar-refractivity contribution is 0.371. The van der Waals surface area contributed by atoms with Gasteiger partial charge in [0, 0.05) is 43.5 Å². The molecule has 1 aliphatic rings. The Morgan fingerprint density at radius 2 is 1.79 bits per heavy atom. The number of anilines is 1. The van der Waals surface area contributed by atoms with E-state index in [0.29, 0.717) is 31.7 Å². The molecule has 0 aliphatic carbocycles. The SMILES string of the molecule is O=c1[nH]nc(Cc2ccc(F)c(N3CCNCC3)c2O)c2cc(O)c(O)c(O)c12. The molecule has 0 radical (unpaired) electrons. The van der Waals surface area contributed by atoms with Gasteiger partial charge in [-0.15, -0.1) is 0 Å². The first-order valence-electron chi connectivity index (χ1n) is 8.99. The standard InChI is InChI=1S/C19H19FN4O5/c20-11-2-1-9(16(26)15(11)24-5-3-21-4-6-24)7-12-10-8-13(25)17(27)18(28)14(10)19(29)23-22-12/h1-2,8,21,25-28H,3-7H2,(H,23,29). The summed E-state index contributed by atoms with van der Waals surface area (Å²) in [7, 11) is 0. The Bertz CT molecular complexity index is 1160. The molecule has 0 atom stereocenters. The molecule has 2 aromatic carbocycles. The molecule has 152 valence electrons. The van der Waals surface area contributed by atoms with Gasteiger partial charge in [-0.3, -0.25) is 4.79 Å². The summed E-state index contributed by atoms with van der Waals surface area (Å²) in [6, 6.07) is 3.77. The van der Waals surface area contributed by atoms with E-state index in [-0.39, 0.29) is 34.3 Å². The number of nitrogens with zero attached hydrogens (tertiary/aromatic N) is 2. The predicted octanol–water partition coefficient (Wildman–Crippen LogP) is 0.885. The van der Waals surface area contributed by atoms with Crippen LogP contribution in [0.1, 0.15) is 11.3 Å². The summed E-state index contributed by atoms with van der Waals surface area (Å²) in [5, 5.41) is 49.5. The van der Waals surface area contributed by atoms with Gasteiger partial charge in [-0.2, -0.15) is 5.10 Å². The summed E-state index contributed by atoms with van der Waals surface area (Å²) in [5.41, 5.74) is -0.0753. The Morgan fingerprint density at radius 1 is 1.07 bits per heavy atom. The molecule has 0 saturated carbocycles. The van der Waals surface area contributed by atoms with E-state index < -0.39 is 28.6 Å². The smallest absolute Gasteiger partial charge is 0.275 e. The lowest BCUT2D eigenvalue weighted by atomic mass is 10.0. The minimum absolute atomic E-state index is 0.0118. The molecule has 29 heavy (non-hydrogen) atoms. The number of phenolic OH excluding ortho intramolecular Hbond substituents is 4. The van der Waals surface area contributed by atoms with Gasteiger partial charge in [-0.05, 0) is 12.1 Å². The molecule has 1 saturated heterocycles. The van der Waals surface area contributed by atoms with Crippen LogP contribution in [0.25, 0.3) is 10.8 Å². The number of phenols is 4. The number of hydrogen-bond donors (Lipinski definition) is 6. The number of hydrogen-bond acceptors (Lipinski definition) is 8. The molecule has 0 unspecified atom stereocenters. The van der Waals surface area contributed by atoms with Gasteiger partial charge in [0.05, 0.1) is 11.1 Å². The van der Waals surface area contributed by atoms with Crippen LogP contribution in [0.4, 0.5) is 10.1 Å². The maximum Gasteiger partial charge on any atom is 0.275 e. The summed E-state index contributed by atoms with van der Waals surface area (Å²) < 4.78 is 14.4. The zero-order chi connectivity index (χ0) is 20.7. The van der Waals surface area contributed by atoms with E-state index in [1.807, 2.05) is 0 Å². The first-order chi connectivity index (χ1) is 13.9. The molecule has 9 nitrogen and oxygen atoms in total. The van der Waals surface area contributed by atoms with Crippen molar-refractivity contribution in [2.24, 2.45) is 0 Å².